The monoisotopic (exact) mass is 251 g/mol. The smallest absolute Gasteiger partial charge is 0.125 e. The normalized spacial score (nSPS) is 10.7. The fourth-order valence-corrected chi connectivity index (χ4v) is 3.05. The van der Waals surface area contributed by atoms with Crippen LogP contribution in [0.25, 0.3) is 26.9 Å². The number of nitrogens with zero attached hydrogens (tertiary/aromatic N) is 1. The maximum absolute atomic E-state index is 4.69. The average molecular weight is 251 g/mol. The van der Waals surface area contributed by atoms with E-state index in [1.54, 1.807) is 11.3 Å². The van der Waals surface area contributed by atoms with Crippen LogP contribution in [0.4, 0.5) is 0 Å². The lowest BCUT2D eigenvalue weighted by atomic mass is 10.1. The Labute approximate surface area is 110 Å². The molecule has 3 aromatic rings. The van der Waals surface area contributed by atoms with Crippen LogP contribution in [-0.2, 0) is 0 Å². The van der Waals surface area contributed by atoms with Gasteiger partial charge >= 0.3 is 0 Å². The lowest BCUT2D eigenvalue weighted by molar-refractivity contribution is 1.42. The highest BCUT2D eigenvalue weighted by atomic mass is 32.1. The van der Waals surface area contributed by atoms with Gasteiger partial charge in [0, 0.05) is 5.56 Å². The molecule has 1 nitrogen and oxygen atoms in total. The molecule has 0 aliphatic rings. The Bertz CT molecular complexity index is 692. The van der Waals surface area contributed by atoms with Gasteiger partial charge in [-0.3, -0.25) is 0 Å². The van der Waals surface area contributed by atoms with Crippen molar-refractivity contribution in [2.75, 3.05) is 0 Å². The van der Waals surface area contributed by atoms with Crippen molar-refractivity contribution in [2.24, 2.45) is 0 Å². The van der Waals surface area contributed by atoms with E-state index in [1.807, 2.05) is 18.2 Å². The number of fused-ring (bicyclic) bond motifs is 1. The van der Waals surface area contributed by atoms with Gasteiger partial charge in [0.05, 0.1) is 10.2 Å². The van der Waals surface area contributed by atoms with Crippen LogP contribution >= 0.6 is 11.3 Å². The standard InChI is InChI=1S/C16H13NS/c1-3-12-10-11(2)8-9-13(12)16-17-14-6-4-5-7-15(14)18-16/h3-10H,1H2,2H3. The van der Waals surface area contributed by atoms with Crippen LogP contribution < -0.4 is 0 Å². The quantitative estimate of drug-likeness (QED) is 0.630. The minimum absolute atomic E-state index is 1.06. The van der Waals surface area contributed by atoms with Gasteiger partial charge in [-0.15, -0.1) is 11.3 Å². The summed E-state index contributed by atoms with van der Waals surface area (Å²) in [5, 5.41) is 1.06. The fourth-order valence-electron chi connectivity index (χ4n) is 2.03. The fraction of sp³-hybridized carbons (Fsp3) is 0.0625. The first kappa shape index (κ1) is 11.2. The molecule has 2 aromatic carbocycles. The molecule has 0 N–H and O–H groups in total. The van der Waals surface area contributed by atoms with E-state index in [9.17, 15) is 0 Å². The zero-order valence-corrected chi connectivity index (χ0v) is 11.0. The van der Waals surface area contributed by atoms with E-state index < -0.39 is 0 Å². The van der Waals surface area contributed by atoms with Gasteiger partial charge < -0.3 is 0 Å². The van der Waals surface area contributed by atoms with Gasteiger partial charge in [0.15, 0.2) is 0 Å². The molecule has 0 aliphatic carbocycles. The Balaban J connectivity index is 2.22. The van der Waals surface area contributed by atoms with Crippen LogP contribution in [-0.4, -0.2) is 4.98 Å². The van der Waals surface area contributed by atoms with E-state index in [1.165, 1.54) is 10.3 Å². The van der Waals surface area contributed by atoms with Gasteiger partial charge in [-0.2, -0.15) is 0 Å². The first-order valence-electron chi connectivity index (χ1n) is 5.87. The summed E-state index contributed by atoms with van der Waals surface area (Å²) in [6.07, 6.45) is 1.90. The summed E-state index contributed by atoms with van der Waals surface area (Å²) in [5.41, 5.74) is 4.62. The summed E-state index contributed by atoms with van der Waals surface area (Å²) in [6.45, 7) is 5.98. The van der Waals surface area contributed by atoms with Crippen molar-refractivity contribution >= 4 is 27.6 Å². The van der Waals surface area contributed by atoms with E-state index in [0.717, 1.165) is 21.7 Å². The van der Waals surface area contributed by atoms with Crippen molar-refractivity contribution in [3.05, 3.63) is 60.2 Å². The molecule has 0 radical (unpaired) electrons. The molecular formula is C16H13NS. The van der Waals surface area contributed by atoms with Gasteiger partial charge in [0.1, 0.15) is 5.01 Å². The van der Waals surface area contributed by atoms with Gasteiger partial charge in [-0.25, -0.2) is 4.98 Å². The minimum atomic E-state index is 1.06. The highest BCUT2D eigenvalue weighted by molar-refractivity contribution is 7.21. The number of benzene rings is 2. The first-order chi connectivity index (χ1) is 8.78. The maximum Gasteiger partial charge on any atom is 0.125 e. The molecule has 0 atom stereocenters. The summed E-state index contributed by atoms with van der Waals surface area (Å²) < 4.78 is 1.23. The predicted octanol–water partition coefficient (Wildman–Crippen LogP) is 4.91. The Hall–Kier alpha value is -1.93. The number of hydrogen-bond donors (Lipinski definition) is 0. The highest BCUT2D eigenvalue weighted by Gasteiger charge is 2.08. The third kappa shape index (κ3) is 1.85. The van der Waals surface area contributed by atoms with Crippen molar-refractivity contribution in [2.45, 2.75) is 6.92 Å². The van der Waals surface area contributed by atoms with E-state index in [0.29, 0.717) is 0 Å². The van der Waals surface area contributed by atoms with Gasteiger partial charge in [-0.1, -0.05) is 48.6 Å². The Morgan fingerprint density at radius 3 is 2.78 bits per heavy atom. The van der Waals surface area contributed by atoms with Crippen molar-refractivity contribution in [3.63, 3.8) is 0 Å². The maximum atomic E-state index is 4.69. The van der Waals surface area contributed by atoms with Gasteiger partial charge in [-0.05, 0) is 24.6 Å². The SMILES string of the molecule is C=Cc1cc(C)ccc1-c1nc2ccccc2s1. The van der Waals surface area contributed by atoms with E-state index in [4.69, 9.17) is 4.98 Å². The molecule has 0 bridgehead atoms. The minimum Gasteiger partial charge on any atom is -0.236 e. The Morgan fingerprint density at radius 1 is 1.17 bits per heavy atom. The van der Waals surface area contributed by atoms with Crippen LogP contribution in [0.2, 0.25) is 0 Å². The Kier molecular flexibility index (Phi) is 2.73. The zero-order valence-electron chi connectivity index (χ0n) is 10.2. The van der Waals surface area contributed by atoms with Crippen molar-refractivity contribution in [3.8, 4) is 10.6 Å². The molecular weight excluding hydrogens is 238 g/mol. The van der Waals surface area contributed by atoms with Crippen LogP contribution in [0, 0.1) is 6.92 Å². The molecule has 2 heteroatoms. The number of thiazole rings is 1. The number of rotatable bonds is 2. The van der Waals surface area contributed by atoms with Crippen molar-refractivity contribution in [1.82, 2.24) is 4.98 Å². The molecule has 18 heavy (non-hydrogen) atoms. The molecule has 1 heterocycles. The van der Waals surface area contributed by atoms with Gasteiger partial charge in [0.25, 0.3) is 0 Å². The topological polar surface area (TPSA) is 12.9 Å². The summed E-state index contributed by atoms with van der Waals surface area (Å²) in [6, 6.07) is 14.6. The Morgan fingerprint density at radius 2 is 2.00 bits per heavy atom. The summed E-state index contributed by atoms with van der Waals surface area (Å²) >= 11 is 1.73. The second-order valence-corrected chi connectivity index (χ2v) is 5.31. The third-order valence-electron chi connectivity index (χ3n) is 2.95. The average Bonchev–Trinajstić information content (AvgIpc) is 2.82. The number of aromatic nitrogens is 1. The number of hydrogen-bond acceptors (Lipinski definition) is 2. The van der Waals surface area contributed by atoms with Crippen LogP contribution in [0.3, 0.4) is 0 Å². The van der Waals surface area contributed by atoms with Crippen LogP contribution in [0.1, 0.15) is 11.1 Å². The molecule has 0 aliphatic heterocycles. The second-order valence-electron chi connectivity index (χ2n) is 4.28. The summed E-state index contributed by atoms with van der Waals surface area (Å²) in [4.78, 5) is 4.69. The lowest BCUT2D eigenvalue weighted by Gasteiger charge is -2.03. The van der Waals surface area contributed by atoms with Crippen molar-refractivity contribution < 1.29 is 0 Å². The first-order valence-corrected chi connectivity index (χ1v) is 6.68. The summed E-state index contributed by atoms with van der Waals surface area (Å²) in [5.74, 6) is 0. The zero-order chi connectivity index (χ0) is 12.5. The molecule has 0 unspecified atom stereocenters. The molecule has 88 valence electrons. The van der Waals surface area contributed by atoms with E-state index >= 15 is 0 Å². The largest absolute Gasteiger partial charge is 0.236 e. The van der Waals surface area contributed by atoms with E-state index in [-0.39, 0.29) is 0 Å². The van der Waals surface area contributed by atoms with E-state index in [2.05, 4.69) is 43.8 Å². The van der Waals surface area contributed by atoms with Crippen LogP contribution in [0.15, 0.2) is 49.0 Å². The van der Waals surface area contributed by atoms with Crippen LogP contribution in [0.5, 0.6) is 0 Å². The lowest BCUT2D eigenvalue weighted by Crippen LogP contribution is -1.83. The van der Waals surface area contributed by atoms with Crippen molar-refractivity contribution in [1.29, 1.82) is 0 Å². The molecule has 0 saturated carbocycles. The number of aryl methyl sites for hydroxylation is 1. The summed E-state index contributed by atoms with van der Waals surface area (Å²) in [7, 11) is 0. The molecule has 0 amide bonds. The molecule has 0 saturated heterocycles. The van der Waals surface area contributed by atoms with Gasteiger partial charge in [0.2, 0.25) is 0 Å². The number of para-hydroxylation sites is 1. The predicted molar refractivity (Wildman–Crippen MR) is 79.9 cm³/mol. The molecule has 0 spiro atoms. The molecule has 3 rings (SSSR count). The third-order valence-corrected chi connectivity index (χ3v) is 4.02. The molecule has 0 fully saturated rings. The second kappa shape index (κ2) is 4.39. The molecule has 1 aromatic heterocycles. The highest BCUT2D eigenvalue weighted by Crippen LogP contribution is 2.32.